The maximum atomic E-state index is 5.12. The zero-order valence-corrected chi connectivity index (χ0v) is 12.8. The molecule has 114 valence electrons. The SMILES string of the molecule is CCCNCc1cnc(N(CCOC)CCOC)cn1. The molecule has 1 aromatic rings. The molecule has 0 saturated heterocycles. The van der Waals surface area contributed by atoms with Gasteiger partial charge in [-0.05, 0) is 13.0 Å². The molecule has 0 fully saturated rings. The molecule has 6 heteroatoms. The Morgan fingerprint density at radius 1 is 1.10 bits per heavy atom. The lowest BCUT2D eigenvalue weighted by Crippen LogP contribution is -2.31. The molecule has 0 aliphatic carbocycles. The number of hydrogen-bond donors (Lipinski definition) is 1. The second kappa shape index (κ2) is 10.5. The average molecular weight is 282 g/mol. The summed E-state index contributed by atoms with van der Waals surface area (Å²) in [6, 6.07) is 0. The van der Waals surface area contributed by atoms with Crippen LogP contribution in [0.3, 0.4) is 0 Å². The molecule has 0 atom stereocenters. The van der Waals surface area contributed by atoms with E-state index in [4.69, 9.17) is 9.47 Å². The van der Waals surface area contributed by atoms with Crippen LogP contribution in [0.15, 0.2) is 12.4 Å². The molecule has 6 nitrogen and oxygen atoms in total. The molecule has 0 aromatic carbocycles. The second-order valence-electron chi connectivity index (χ2n) is 4.52. The van der Waals surface area contributed by atoms with Gasteiger partial charge in [0.05, 0.1) is 31.3 Å². The van der Waals surface area contributed by atoms with E-state index in [0.717, 1.165) is 44.1 Å². The predicted molar refractivity (Wildman–Crippen MR) is 80.0 cm³/mol. The highest BCUT2D eigenvalue weighted by atomic mass is 16.5. The minimum atomic E-state index is 0.658. The van der Waals surface area contributed by atoms with E-state index in [1.807, 2.05) is 12.4 Å². The van der Waals surface area contributed by atoms with E-state index in [9.17, 15) is 0 Å². The van der Waals surface area contributed by atoms with Gasteiger partial charge in [0.25, 0.3) is 0 Å². The van der Waals surface area contributed by atoms with Crippen molar-refractivity contribution in [2.75, 3.05) is 52.0 Å². The first kappa shape index (κ1) is 16.8. The van der Waals surface area contributed by atoms with E-state index < -0.39 is 0 Å². The Morgan fingerprint density at radius 3 is 2.30 bits per heavy atom. The predicted octanol–water partition coefficient (Wildman–Crippen LogP) is 1.08. The molecule has 0 saturated carbocycles. The number of nitrogens with one attached hydrogen (secondary N) is 1. The van der Waals surface area contributed by atoms with Gasteiger partial charge >= 0.3 is 0 Å². The summed E-state index contributed by atoms with van der Waals surface area (Å²) < 4.78 is 10.2. The standard InChI is InChI=1S/C14H26N4O2/c1-4-5-15-10-13-11-17-14(12-16-13)18(6-8-19-2)7-9-20-3/h11-12,15H,4-10H2,1-3H3. The highest BCUT2D eigenvalue weighted by Gasteiger charge is 2.08. The van der Waals surface area contributed by atoms with Crippen LogP contribution in [-0.2, 0) is 16.0 Å². The Labute approximate surface area is 121 Å². The molecule has 0 spiro atoms. The fourth-order valence-electron chi connectivity index (χ4n) is 1.74. The van der Waals surface area contributed by atoms with Crippen molar-refractivity contribution in [3.8, 4) is 0 Å². The van der Waals surface area contributed by atoms with Crippen LogP contribution in [0, 0.1) is 0 Å². The number of anilines is 1. The van der Waals surface area contributed by atoms with E-state index in [0.29, 0.717) is 13.2 Å². The third-order valence-corrected chi connectivity index (χ3v) is 2.88. The Balaban J connectivity index is 2.56. The normalized spacial score (nSPS) is 10.8. The van der Waals surface area contributed by atoms with Crippen LogP contribution >= 0.6 is 0 Å². The monoisotopic (exact) mass is 282 g/mol. The first-order chi connectivity index (χ1) is 9.81. The number of ether oxygens (including phenoxy) is 2. The summed E-state index contributed by atoms with van der Waals surface area (Å²) in [5.41, 5.74) is 0.959. The summed E-state index contributed by atoms with van der Waals surface area (Å²) in [5, 5.41) is 3.31. The summed E-state index contributed by atoms with van der Waals surface area (Å²) in [6.45, 7) is 6.78. The minimum Gasteiger partial charge on any atom is -0.383 e. The van der Waals surface area contributed by atoms with Gasteiger partial charge in [-0.3, -0.25) is 4.98 Å². The molecule has 0 unspecified atom stereocenters. The summed E-state index contributed by atoms with van der Waals surface area (Å²) in [5.74, 6) is 0.860. The molecule has 0 radical (unpaired) electrons. The van der Waals surface area contributed by atoms with Crippen molar-refractivity contribution in [3.63, 3.8) is 0 Å². The van der Waals surface area contributed by atoms with Crippen molar-refractivity contribution in [2.24, 2.45) is 0 Å². The van der Waals surface area contributed by atoms with Crippen molar-refractivity contribution in [1.82, 2.24) is 15.3 Å². The van der Waals surface area contributed by atoms with Gasteiger partial charge in [0, 0.05) is 33.9 Å². The maximum Gasteiger partial charge on any atom is 0.147 e. The number of methoxy groups -OCH3 is 2. The largest absolute Gasteiger partial charge is 0.383 e. The van der Waals surface area contributed by atoms with Gasteiger partial charge in [0.2, 0.25) is 0 Å². The zero-order valence-electron chi connectivity index (χ0n) is 12.8. The van der Waals surface area contributed by atoms with E-state index in [-0.39, 0.29) is 0 Å². The fourth-order valence-corrected chi connectivity index (χ4v) is 1.74. The van der Waals surface area contributed by atoms with Crippen molar-refractivity contribution in [1.29, 1.82) is 0 Å². The lowest BCUT2D eigenvalue weighted by Gasteiger charge is -2.22. The molecule has 1 aromatic heterocycles. The Morgan fingerprint density at radius 2 is 1.80 bits per heavy atom. The lowest BCUT2D eigenvalue weighted by molar-refractivity contribution is 0.190. The topological polar surface area (TPSA) is 59.5 Å². The Kier molecular flexibility index (Phi) is 8.86. The van der Waals surface area contributed by atoms with Gasteiger partial charge < -0.3 is 19.7 Å². The number of hydrogen-bond acceptors (Lipinski definition) is 6. The third-order valence-electron chi connectivity index (χ3n) is 2.88. The van der Waals surface area contributed by atoms with E-state index >= 15 is 0 Å². The van der Waals surface area contributed by atoms with Crippen molar-refractivity contribution in [2.45, 2.75) is 19.9 Å². The molecule has 1 heterocycles. The van der Waals surface area contributed by atoms with Crippen molar-refractivity contribution >= 4 is 5.82 Å². The van der Waals surface area contributed by atoms with E-state index in [1.165, 1.54) is 0 Å². The first-order valence-corrected chi connectivity index (χ1v) is 7.06. The van der Waals surface area contributed by atoms with Crippen molar-refractivity contribution in [3.05, 3.63) is 18.1 Å². The molecule has 0 amide bonds. The molecule has 1 rings (SSSR count). The molecular weight excluding hydrogens is 256 g/mol. The quantitative estimate of drug-likeness (QED) is 0.613. The van der Waals surface area contributed by atoms with Gasteiger partial charge in [0.15, 0.2) is 0 Å². The summed E-state index contributed by atoms with van der Waals surface area (Å²) in [7, 11) is 3.39. The summed E-state index contributed by atoms with van der Waals surface area (Å²) >= 11 is 0. The highest BCUT2D eigenvalue weighted by molar-refractivity contribution is 5.35. The number of rotatable bonds is 11. The number of nitrogens with zero attached hydrogens (tertiary/aromatic N) is 3. The van der Waals surface area contributed by atoms with Crippen LogP contribution in [0.25, 0.3) is 0 Å². The Hall–Kier alpha value is -1.24. The minimum absolute atomic E-state index is 0.658. The van der Waals surface area contributed by atoms with Gasteiger partial charge in [-0.1, -0.05) is 6.92 Å². The van der Waals surface area contributed by atoms with Crippen LogP contribution in [-0.4, -0.2) is 57.0 Å². The summed E-state index contributed by atoms with van der Waals surface area (Å²) in [6.07, 6.45) is 4.76. The Bertz CT molecular complexity index is 338. The molecule has 0 aliphatic heterocycles. The van der Waals surface area contributed by atoms with Gasteiger partial charge in [-0.2, -0.15) is 0 Å². The van der Waals surface area contributed by atoms with Crippen LogP contribution in [0.5, 0.6) is 0 Å². The van der Waals surface area contributed by atoms with Gasteiger partial charge in [-0.15, -0.1) is 0 Å². The highest BCUT2D eigenvalue weighted by Crippen LogP contribution is 2.08. The molecule has 0 aliphatic rings. The molecule has 1 N–H and O–H groups in total. The third kappa shape index (κ3) is 6.27. The number of aromatic nitrogens is 2. The van der Waals surface area contributed by atoms with Crippen molar-refractivity contribution < 1.29 is 9.47 Å². The van der Waals surface area contributed by atoms with E-state index in [1.54, 1.807) is 14.2 Å². The van der Waals surface area contributed by atoms with Gasteiger partial charge in [-0.25, -0.2) is 4.98 Å². The second-order valence-corrected chi connectivity index (χ2v) is 4.52. The molecular formula is C14H26N4O2. The fraction of sp³-hybridized carbons (Fsp3) is 0.714. The lowest BCUT2D eigenvalue weighted by atomic mass is 10.4. The smallest absolute Gasteiger partial charge is 0.147 e. The zero-order chi connectivity index (χ0) is 14.6. The molecule has 0 bridgehead atoms. The van der Waals surface area contributed by atoms with Gasteiger partial charge in [0.1, 0.15) is 5.82 Å². The maximum absolute atomic E-state index is 5.12. The van der Waals surface area contributed by atoms with Crippen LogP contribution in [0.4, 0.5) is 5.82 Å². The first-order valence-electron chi connectivity index (χ1n) is 7.06. The summed E-state index contributed by atoms with van der Waals surface area (Å²) in [4.78, 5) is 11.0. The average Bonchev–Trinajstić information content (AvgIpc) is 2.49. The van der Waals surface area contributed by atoms with Crippen LogP contribution in [0.1, 0.15) is 19.0 Å². The molecule has 20 heavy (non-hydrogen) atoms. The van der Waals surface area contributed by atoms with Crippen LogP contribution < -0.4 is 10.2 Å². The van der Waals surface area contributed by atoms with Crippen LogP contribution in [0.2, 0.25) is 0 Å². The van der Waals surface area contributed by atoms with E-state index in [2.05, 4.69) is 27.1 Å².